The molecule has 1 rings (SSSR count). The van der Waals surface area contributed by atoms with Crippen molar-refractivity contribution in [3.63, 3.8) is 0 Å². The fourth-order valence-electron chi connectivity index (χ4n) is 1.16. The van der Waals surface area contributed by atoms with E-state index < -0.39 is 11.8 Å². The van der Waals surface area contributed by atoms with Crippen molar-refractivity contribution in [2.75, 3.05) is 12.4 Å². The van der Waals surface area contributed by atoms with Gasteiger partial charge in [0, 0.05) is 7.05 Å². The van der Waals surface area contributed by atoms with Crippen molar-refractivity contribution >= 4 is 11.7 Å². The number of rotatable bonds is 2. The Morgan fingerprint density at radius 3 is 2.62 bits per heavy atom. The van der Waals surface area contributed by atoms with Gasteiger partial charge in [0.25, 0.3) is 0 Å². The third-order valence-corrected chi connectivity index (χ3v) is 1.72. The number of carboxylic acid groups (broad SMARTS) is 1. The van der Waals surface area contributed by atoms with Crippen molar-refractivity contribution < 1.29 is 14.3 Å². The van der Waals surface area contributed by atoms with Crippen molar-refractivity contribution in [2.24, 2.45) is 0 Å². The Morgan fingerprint density at radius 2 is 2.15 bits per heavy atom. The van der Waals surface area contributed by atoms with Crippen LogP contribution in [0.25, 0.3) is 0 Å². The summed E-state index contributed by atoms with van der Waals surface area (Å²) in [6, 6.07) is 2.79. The first-order valence-corrected chi connectivity index (χ1v) is 3.77. The molecule has 0 aromatic heterocycles. The first-order valence-electron chi connectivity index (χ1n) is 3.77. The molecule has 4 heteroatoms. The molecule has 0 aliphatic rings. The van der Waals surface area contributed by atoms with Gasteiger partial charge in [-0.25, -0.2) is 9.18 Å². The first-order chi connectivity index (χ1) is 6.06. The Labute approximate surface area is 75.2 Å². The molecule has 0 saturated heterocycles. The van der Waals surface area contributed by atoms with Gasteiger partial charge in [0.1, 0.15) is 11.4 Å². The molecular formula is C9H10FNO2. The van der Waals surface area contributed by atoms with Crippen molar-refractivity contribution in [1.29, 1.82) is 0 Å². The topological polar surface area (TPSA) is 49.3 Å². The lowest BCUT2D eigenvalue weighted by atomic mass is 10.1. The number of nitrogens with one attached hydrogen (secondary N) is 1. The van der Waals surface area contributed by atoms with E-state index in [0.29, 0.717) is 11.3 Å². The highest BCUT2D eigenvalue weighted by atomic mass is 19.1. The van der Waals surface area contributed by atoms with Gasteiger partial charge in [0.15, 0.2) is 0 Å². The molecule has 1 aromatic carbocycles. The van der Waals surface area contributed by atoms with Crippen LogP contribution in [-0.4, -0.2) is 18.1 Å². The number of aryl methyl sites for hydroxylation is 1. The number of carboxylic acids is 1. The monoisotopic (exact) mass is 183 g/mol. The maximum atomic E-state index is 13.1. The smallest absolute Gasteiger partial charge is 0.340 e. The van der Waals surface area contributed by atoms with Crippen LogP contribution in [0.2, 0.25) is 0 Å². The number of hydrogen-bond acceptors (Lipinski definition) is 2. The van der Waals surface area contributed by atoms with E-state index in [-0.39, 0.29) is 5.56 Å². The van der Waals surface area contributed by atoms with Crippen molar-refractivity contribution in [3.8, 4) is 0 Å². The van der Waals surface area contributed by atoms with Crippen LogP contribution in [0.1, 0.15) is 15.9 Å². The largest absolute Gasteiger partial charge is 0.478 e. The number of hydrogen-bond donors (Lipinski definition) is 2. The number of carbonyl (C=O) groups is 1. The summed E-state index contributed by atoms with van der Waals surface area (Å²) in [6.45, 7) is 1.70. The second kappa shape index (κ2) is 3.43. The van der Waals surface area contributed by atoms with E-state index in [4.69, 9.17) is 5.11 Å². The molecule has 0 aliphatic carbocycles. The highest BCUT2D eigenvalue weighted by molar-refractivity contribution is 5.94. The van der Waals surface area contributed by atoms with Crippen LogP contribution in [0.4, 0.5) is 10.1 Å². The van der Waals surface area contributed by atoms with Crippen molar-refractivity contribution in [3.05, 3.63) is 29.1 Å². The average molecular weight is 183 g/mol. The number of benzene rings is 1. The lowest BCUT2D eigenvalue weighted by molar-refractivity contribution is 0.0693. The highest BCUT2D eigenvalue weighted by Gasteiger charge is 2.15. The van der Waals surface area contributed by atoms with Gasteiger partial charge in [-0.1, -0.05) is 0 Å². The van der Waals surface area contributed by atoms with Crippen molar-refractivity contribution in [2.45, 2.75) is 6.92 Å². The minimum atomic E-state index is -1.26. The lowest BCUT2D eigenvalue weighted by Gasteiger charge is -2.07. The molecule has 0 bridgehead atoms. The van der Waals surface area contributed by atoms with Gasteiger partial charge in [-0.15, -0.1) is 0 Å². The van der Waals surface area contributed by atoms with E-state index in [2.05, 4.69) is 5.32 Å². The maximum Gasteiger partial charge on any atom is 0.340 e. The molecule has 0 fully saturated rings. The Bertz CT molecular complexity index is 350. The third kappa shape index (κ3) is 1.77. The molecule has 0 radical (unpaired) electrons. The van der Waals surface area contributed by atoms with Crippen molar-refractivity contribution in [1.82, 2.24) is 0 Å². The van der Waals surface area contributed by atoms with E-state index in [1.165, 1.54) is 6.07 Å². The number of anilines is 1. The van der Waals surface area contributed by atoms with Gasteiger partial charge in [-0.05, 0) is 24.6 Å². The molecule has 13 heavy (non-hydrogen) atoms. The number of halogens is 1. The summed E-state index contributed by atoms with van der Waals surface area (Å²) in [7, 11) is 1.56. The van der Waals surface area contributed by atoms with Crippen LogP contribution in [0.3, 0.4) is 0 Å². The Balaban J connectivity index is 3.38. The third-order valence-electron chi connectivity index (χ3n) is 1.72. The molecule has 0 atom stereocenters. The molecule has 0 amide bonds. The molecule has 0 aliphatic heterocycles. The van der Waals surface area contributed by atoms with Crippen LogP contribution in [0.15, 0.2) is 12.1 Å². The molecular weight excluding hydrogens is 173 g/mol. The average Bonchev–Trinajstić information content (AvgIpc) is 2.01. The van der Waals surface area contributed by atoms with Gasteiger partial charge < -0.3 is 10.4 Å². The highest BCUT2D eigenvalue weighted by Crippen LogP contribution is 2.20. The quantitative estimate of drug-likeness (QED) is 0.735. The second-order valence-electron chi connectivity index (χ2n) is 2.72. The van der Waals surface area contributed by atoms with Gasteiger partial charge in [-0.2, -0.15) is 0 Å². The summed E-state index contributed by atoms with van der Waals surface area (Å²) in [5.41, 5.74) is 0.671. The zero-order chi connectivity index (χ0) is 10.0. The standard InChI is InChI=1S/C9H10FNO2/c1-5-3-6(10)8(9(12)13)7(4-5)11-2/h3-4,11H,1-2H3,(H,12,13). The maximum absolute atomic E-state index is 13.1. The summed E-state index contributed by atoms with van der Waals surface area (Å²) < 4.78 is 13.1. The van der Waals surface area contributed by atoms with E-state index in [1.54, 1.807) is 20.0 Å². The van der Waals surface area contributed by atoms with Crippen LogP contribution >= 0.6 is 0 Å². The minimum Gasteiger partial charge on any atom is -0.478 e. The van der Waals surface area contributed by atoms with E-state index in [1.807, 2.05) is 0 Å². The lowest BCUT2D eigenvalue weighted by Crippen LogP contribution is -2.06. The van der Waals surface area contributed by atoms with Crippen LogP contribution in [-0.2, 0) is 0 Å². The molecule has 0 saturated carbocycles. The van der Waals surface area contributed by atoms with E-state index >= 15 is 0 Å². The predicted molar refractivity (Wildman–Crippen MR) is 47.6 cm³/mol. The molecule has 3 nitrogen and oxygen atoms in total. The predicted octanol–water partition coefficient (Wildman–Crippen LogP) is 1.87. The normalized spacial score (nSPS) is 9.77. The van der Waals surface area contributed by atoms with Crippen LogP contribution in [0.5, 0.6) is 0 Å². The zero-order valence-electron chi connectivity index (χ0n) is 7.39. The molecule has 0 spiro atoms. The second-order valence-corrected chi connectivity index (χ2v) is 2.72. The Morgan fingerprint density at radius 1 is 1.54 bits per heavy atom. The van der Waals surface area contributed by atoms with Gasteiger partial charge in [0.05, 0.1) is 5.69 Å². The van der Waals surface area contributed by atoms with E-state index in [0.717, 1.165) is 0 Å². The fourth-order valence-corrected chi connectivity index (χ4v) is 1.16. The molecule has 0 unspecified atom stereocenters. The molecule has 0 heterocycles. The summed E-state index contributed by atoms with van der Waals surface area (Å²) in [5, 5.41) is 11.3. The number of aromatic carboxylic acids is 1. The van der Waals surface area contributed by atoms with Crippen LogP contribution in [0, 0.1) is 12.7 Å². The van der Waals surface area contributed by atoms with Crippen LogP contribution < -0.4 is 5.32 Å². The molecule has 1 aromatic rings. The summed E-state index contributed by atoms with van der Waals surface area (Å²) in [6.07, 6.45) is 0. The van der Waals surface area contributed by atoms with Gasteiger partial charge >= 0.3 is 5.97 Å². The summed E-state index contributed by atoms with van der Waals surface area (Å²) in [4.78, 5) is 10.6. The SMILES string of the molecule is CNc1cc(C)cc(F)c1C(=O)O. The van der Waals surface area contributed by atoms with Gasteiger partial charge in [0.2, 0.25) is 0 Å². The molecule has 70 valence electrons. The zero-order valence-corrected chi connectivity index (χ0v) is 7.39. The van der Waals surface area contributed by atoms with E-state index in [9.17, 15) is 9.18 Å². The van der Waals surface area contributed by atoms with Gasteiger partial charge in [-0.3, -0.25) is 0 Å². The summed E-state index contributed by atoms with van der Waals surface area (Å²) in [5.74, 6) is -1.97. The Hall–Kier alpha value is -1.58. The Kier molecular flexibility index (Phi) is 2.51. The first kappa shape index (κ1) is 9.51. The molecule has 2 N–H and O–H groups in total. The summed E-state index contributed by atoms with van der Waals surface area (Å²) >= 11 is 0. The minimum absolute atomic E-state index is 0.296. The fraction of sp³-hybridized carbons (Fsp3) is 0.222.